The molecule has 0 heterocycles. The molecule has 3 aromatic carbocycles. The van der Waals surface area contributed by atoms with Crippen molar-refractivity contribution in [3.8, 4) is 11.1 Å². The summed E-state index contributed by atoms with van der Waals surface area (Å²) in [6.45, 7) is 0. The summed E-state index contributed by atoms with van der Waals surface area (Å²) >= 11 is 0. The van der Waals surface area contributed by atoms with Gasteiger partial charge in [0.05, 0.1) is 0 Å². The van der Waals surface area contributed by atoms with Crippen LogP contribution in [-0.4, -0.2) is 0 Å². The highest BCUT2D eigenvalue weighted by Crippen LogP contribution is 2.24. The number of rotatable bonds is 3. The summed E-state index contributed by atoms with van der Waals surface area (Å²) in [5.41, 5.74) is 4.97. The van der Waals surface area contributed by atoms with E-state index in [4.69, 9.17) is 0 Å². The van der Waals surface area contributed by atoms with E-state index in [0.29, 0.717) is 0 Å². The maximum atomic E-state index is 2.18. The second kappa shape index (κ2) is 6.03. The lowest BCUT2D eigenvalue weighted by Gasteiger charge is -2.06. The number of hydrogen-bond acceptors (Lipinski definition) is 0. The molecule has 0 amide bonds. The summed E-state index contributed by atoms with van der Waals surface area (Å²) in [4.78, 5) is 0. The molecule has 0 saturated carbocycles. The minimum atomic E-state index is 1.22. The number of benzene rings is 3. The van der Waals surface area contributed by atoms with E-state index in [1.54, 1.807) is 0 Å². The second-order valence-corrected chi connectivity index (χ2v) is 4.70. The van der Waals surface area contributed by atoms with E-state index in [9.17, 15) is 0 Å². The molecule has 0 N–H and O–H groups in total. The van der Waals surface area contributed by atoms with Gasteiger partial charge in [0.1, 0.15) is 0 Å². The molecule has 0 heteroatoms. The van der Waals surface area contributed by atoms with Crippen molar-refractivity contribution in [2.45, 2.75) is 0 Å². The van der Waals surface area contributed by atoms with E-state index in [2.05, 4.69) is 84.9 Å². The lowest BCUT2D eigenvalue weighted by molar-refractivity contribution is 1.59. The van der Waals surface area contributed by atoms with Crippen molar-refractivity contribution in [3.05, 3.63) is 96.1 Å². The van der Waals surface area contributed by atoms with Gasteiger partial charge in [0.2, 0.25) is 0 Å². The minimum absolute atomic E-state index is 1.22. The lowest BCUT2D eigenvalue weighted by Crippen LogP contribution is -1.82. The van der Waals surface area contributed by atoms with Gasteiger partial charge < -0.3 is 0 Å². The number of hydrogen-bond donors (Lipinski definition) is 0. The molecule has 0 atom stereocenters. The van der Waals surface area contributed by atoms with Gasteiger partial charge in [-0.05, 0) is 22.3 Å². The molecule has 20 heavy (non-hydrogen) atoms. The highest BCUT2D eigenvalue weighted by atomic mass is 14.0. The monoisotopic (exact) mass is 256 g/mol. The Bertz CT molecular complexity index is 694. The fraction of sp³-hybridized carbons (Fsp3) is 0. The molecule has 0 unspecified atom stereocenters. The van der Waals surface area contributed by atoms with Crippen LogP contribution in [0.5, 0.6) is 0 Å². The molecule has 0 aliphatic carbocycles. The maximum Gasteiger partial charge on any atom is -0.0111 e. The summed E-state index contributed by atoms with van der Waals surface area (Å²) < 4.78 is 0. The molecule has 0 aromatic heterocycles. The average Bonchev–Trinajstić information content (AvgIpc) is 2.55. The van der Waals surface area contributed by atoms with Gasteiger partial charge in [0.25, 0.3) is 0 Å². The first-order valence-corrected chi connectivity index (χ1v) is 6.81. The smallest absolute Gasteiger partial charge is 0.0111 e. The molecular formula is C20H16. The van der Waals surface area contributed by atoms with Crippen LogP contribution in [0.15, 0.2) is 84.9 Å². The summed E-state index contributed by atoms with van der Waals surface area (Å²) in [5.74, 6) is 0. The molecule has 3 aromatic rings. The Hall–Kier alpha value is -2.60. The van der Waals surface area contributed by atoms with Crippen LogP contribution in [0.1, 0.15) is 11.1 Å². The first kappa shape index (κ1) is 12.4. The summed E-state index contributed by atoms with van der Waals surface area (Å²) in [6, 6.07) is 29.4. The van der Waals surface area contributed by atoms with E-state index in [1.165, 1.54) is 22.3 Å². The Labute approximate surface area is 120 Å². The van der Waals surface area contributed by atoms with Gasteiger partial charge in [-0.2, -0.15) is 0 Å². The predicted octanol–water partition coefficient (Wildman–Crippen LogP) is 5.52. The molecule has 0 nitrogen and oxygen atoms in total. The maximum absolute atomic E-state index is 2.18. The zero-order valence-corrected chi connectivity index (χ0v) is 11.2. The van der Waals surface area contributed by atoms with Crippen molar-refractivity contribution in [2.24, 2.45) is 0 Å². The van der Waals surface area contributed by atoms with Crippen LogP contribution in [0.25, 0.3) is 23.3 Å². The quantitative estimate of drug-likeness (QED) is 0.541. The normalized spacial score (nSPS) is 10.8. The fourth-order valence-electron chi connectivity index (χ4n) is 2.27. The van der Waals surface area contributed by atoms with Gasteiger partial charge in [0.15, 0.2) is 0 Å². The van der Waals surface area contributed by atoms with Gasteiger partial charge in [-0.15, -0.1) is 0 Å². The van der Waals surface area contributed by atoms with Crippen LogP contribution in [0, 0.1) is 0 Å². The molecule has 0 radical (unpaired) electrons. The second-order valence-electron chi connectivity index (χ2n) is 4.70. The zero-order chi connectivity index (χ0) is 13.6. The Morgan fingerprint density at radius 2 is 1.10 bits per heavy atom. The van der Waals surface area contributed by atoms with Crippen molar-refractivity contribution < 1.29 is 0 Å². The molecule has 0 aliphatic rings. The molecule has 0 fully saturated rings. The molecule has 0 spiro atoms. The van der Waals surface area contributed by atoms with Gasteiger partial charge in [-0.3, -0.25) is 0 Å². The van der Waals surface area contributed by atoms with Crippen molar-refractivity contribution in [1.82, 2.24) is 0 Å². The first-order valence-electron chi connectivity index (χ1n) is 6.81. The van der Waals surface area contributed by atoms with Crippen molar-refractivity contribution in [2.75, 3.05) is 0 Å². The summed E-state index contributed by atoms with van der Waals surface area (Å²) in [5, 5.41) is 0. The Morgan fingerprint density at radius 1 is 0.500 bits per heavy atom. The molecule has 0 bridgehead atoms. The highest BCUT2D eigenvalue weighted by molar-refractivity contribution is 5.80. The van der Waals surface area contributed by atoms with Crippen molar-refractivity contribution >= 4 is 12.2 Å². The van der Waals surface area contributed by atoms with E-state index < -0.39 is 0 Å². The molecular weight excluding hydrogens is 240 g/mol. The largest absolute Gasteiger partial charge is 0.0622 e. The molecule has 96 valence electrons. The van der Waals surface area contributed by atoms with Crippen LogP contribution in [-0.2, 0) is 0 Å². The first-order chi connectivity index (χ1) is 9.93. The lowest BCUT2D eigenvalue weighted by atomic mass is 9.99. The van der Waals surface area contributed by atoms with Crippen LogP contribution < -0.4 is 0 Å². The Kier molecular flexibility index (Phi) is 3.75. The van der Waals surface area contributed by atoms with E-state index >= 15 is 0 Å². The molecule has 0 saturated heterocycles. The van der Waals surface area contributed by atoms with Gasteiger partial charge >= 0.3 is 0 Å². The third kappa shape index (κ3) is 2.86. The van der Waals surface area contributed by atoms with Crippen LogP contribution in [0.2, 0.25) is 0 Å². The third-order valence-corrected chi connectivity index (χ3v) is 3.30. The van der Waals surface area contributed by atoms with Crippen molar-refractivity contribution in [3.63, 3.8) is 0 Å². The summed E-state index contributed by atoms with van der Waals surface area (Å²) in [7, 11) is 0. The van der Waals surface area contributed by atoms with E-state index in [1.807, 2.05) is 12.1 Å². The van der Waals surface area contributed by atoms with Crippen LogP contribution in [0.3, 0.4) is 0 Å². The standard InChI is InChI=1S/C20H16/c1-3-9-17(10-4-1)15-16-19-13-7-8-14-20(19)18-11-5-2-6-12-18/h1-16H/b16-15+. The third-order valence-electron chi connectivity index (χ3n) is 3.30. The zero-order valence-electron chi connectivity index (χ0n) is 11.2. The minimum Gasteiger partial charge on any atom is -0.0622 e. The van der Waals surface area contributed by atoms with Gasteiger partial charge in [0, 0.05) is 0 Å². The van der Waals surface area contributed by atoms with Gasteiger partial charge in [-0.25, -0.2) is 0 Å². The molecule has 0 aliphatic heterocycles. The Balaban J connectivity index is 1.97. The fourth-order valence-corrected chi connectivity index (χ4v) is 2.27. The molecule has 3 rings (SSSR count). The highest BCUT2D eigenvalue weighted by Gasteiger charge is 2.00. The van der Waals surface area contributed by atoms with Gasteiger partial charge in [-0.1, -0.05) is 97.1 Å². The van der Waals surface area contributed by atoms with Crippen LogP contribution in [0.4, 0.5) is 0 Å². The van der Waals surface area contributed by atoms with Crippen LogP contribution >= 0.6 is 0 Å². The summed E-state index contributed by atoms with van der Waals surface area (Å²) in [6.07, 6.45) is 4.33. The van der Waals surface area contributed by atoms with E-state index in [0.717, 1.165) is 0 Å². The van der Waals surface area contributed by atoms with E-state index in [-0.39, 0.29) is 0 Å². The predicted molar refractivity (Wildman–Crippen MR) is 87.2 cm³/mol. The van der Waals surface area contributed by atoms with Crippen molar-refractivity contribution in [1.29, 1.82) is 0 Å². The SMILES string of the molecule is C(=C\c1ccccc1-c1ccccc1)/c1ccccc1. The topological polar surface area (TPSA) is 0 Å². The average molecular weight is 256 g/mol. The Morgan fingerprint density at radius 3 is 1.85 bits per heavy atom.